The molecule has 1 aliphatic heterocycles. The van der Waals surface area contributed by atoms with Gasteiger partial charge in [-0.3, -0.25) is 0 Å². The average molecular weight is 375 g/mol. The Morgan fingerprint density at radius 2 is 1.44 bits per heavy atom. The van der Waals surface area contributed by atoms with Gasteiger partial charge in [-0.25, -0.2) is 0 Å². The van der Waals surface area contributed by atoms with Gasteiger partial charge >= 0.3 is 0 Å². The van der Waals surface area contributed by atoms with E-state index in [0.717, 1.165) is 13.2 Å². The highest BCUT2D eigenvalue weighted by atomic mass is 31.1. The van der Waals surface area contributed by atoms with Gasteiger partial charge < -0.3 is 9.64 Å². The summed E-state index contributed by atoms with van der Waals surface area (Å²) in [5.74, 6) is 0. The molecule has 1 saturated heterocycles. The Kier molecular flexibility index (Phi) is 5.87. The number of benzene rings is 3. The second-order valence-corrected chi connectivity index (χ2v) is 9.13. The van der Waals surface area contributed by atoms with Crippen LogP contribution in [0.15, 0.2) is 84.9 Å². The summed E-state index contributed by atoms with van der Waals surface area (Å²) in [6.45, 7) is 1.90. The standard InChI is InChI=1S/C24H26NOP/c1-26-19-20-11-10-18-25(20)23-16-8-9-17-24(23)27(21-12-4-2-5-13-21)22-14-6-3-7-15-22/h2-9,12-17,20H,10-11,18-19H2,1H3/t20-/m1/s1. The Balaban J connectivity index is 1.82. The average Bonchev–Trinajstić information content (AvgIpc) is 3.19. The number of rotatable bonds is 6. The molecular weight excluding hydrogens is 349 g/mol. The predicted molar refractivity (Wildman–Crippen MR) is 117 cm³/mol. The second-order valence-electron chi connectivity index (χ2n) is 6.94. The number of methoxy groups -OCH3 is 1. The molecule has 0 bridgehead atoms. The molecule has 0 aliphatic carbocycles. The molecule has 1 aliphatic rings. The molecule has 1 heterocycles. The summed E-state index contributed by atoms with van der Waals surface area (Å²) >= 11 is 0. The molecule has 1 atom stereocenters. The monoisotopic (exact) mass is 375 g/mol. The van der Waals surface area contributed by atoms with E-state index in [0.29, 0.717) is 6.04 Å². The van der Waals surface area contributed by atoms with E-state index in [1.165, 1.54) is 34.4 Å². The van der Waals surface area contributed by atoms with Gasteiger partial charge in [-0.15, -0.1) is 0 Å². The number of para-hydroxylation sites is 1. The smallest absolute Gasteiger partial charge is 0.0666 e. The van der Waals surface area contributed by atoms with E-state index in [1.54, 1.807) is 0 Å². The molecule has 3 aromatic rings. The van der Waals surface area contributed by atoms with Crippen LogP contribution >= 0.6 is 7.92 Å². The topological polar surface area (TPSA) is 12.5 Å². The third-order valence-electron chi connectivity index (χ3n) is 5.20. The van der Waals surface area contributed by atoms with Crippen LogP contribution < -0.4 is 20.8 Å². The van der Waals surface area contributed by atoms with E-state index >= 15 is 0 Å². The van der Waals surface area contributed by atoms with Crippen LogP contribution in [0.2, 0.25) is 0 Å². The Hall–Kier alpha value is -2.15. The lowest BCUT2D eigenvalue weighted by molar-refractivity contribution is 0.181. The van der Waals surface area contributed by atoms with E-state index in [4.69, 9.17) is 4.74 Å². The van der Waals surface area contributed by atoms with Crippen molar-refractivity contribution in [2.45, 2.75) is 18.9 Å². The summed E-state index contributed by atoms with van der Waals surface area (Å²) in [6, 6.07) is 31.3. The van der Waals surface area contributed by atoms with Gasteiger partial charge in [0.2, 0.25) is 0 Å². The summed E-state index contributed by atoms with van der Waals surface area (Å²) < 4.78 is 5.51. The first-order valence-corrected chi connectivity index (χ1v) is 11.0. The molecule has 138 valence electrons. The zero-order chi connectivity index (χ0) is 18.5. The maximum atomic E-state index is 5.51. The van der Waals surface area contributed by atoms with E-state index < -0.39 is 7.92 Å². The highest BCUT2D eigenvalue weighted by Crippen LogP contribution is 2.38. The van der Waals surface area contributed by atoms with E-state index in [-0.39, 0.29) is 0 Å². The van der Waals surface area contributed by atoms with Crippen LogP contribution in [0.4, 0.5) is 5.69 Å². The van der Waals surface area contributed by atoms with E-state index in [2.05, 4.69) is 89.8 Å². The van der Waals surface area contributed by atoms with Crippen molar-refractivity contribution in [1.29, 1.82) is 0 Å². The number of anilines is 1. The zero-order valence-electron chi connectivity index (χ0n) is 15.8. The third-order valence-corrected chi connectivity index (χ3v) is 7.69. The van der Waals surface area contributed by atoms with E-state index in [1.807, 2.05) is 7.11 Å². The molecule has 0 spiro atoms. The van der Waals surface area contributed by atoms with Gasteiger partial charge in [0, 0.05) is 24.6 Å². The van der Waals surface area contributed by atoms with Gasteiger partial charge in [-0.1, -0.05) is 78.9 Å². The van der Waals surface area contributed by atoms with Crippen LogP contribution in [0.25, 0.3) is 0 Å². The van der Waals surface area contributed by atoms with Gasteiger partial charge in [0.1, 0.15) is 0 Å². The largest absolute Gasteiger partial charge is 0.383 e. The number of ether oxygens (including phenoxy) is 1. The highest BCUT2D eigenvalue weighted by molar-refractivity contribution is 7.80. The lowest BCUT2D eigenvalue weighted by atomic mass is 10.2. The number of hydrogen-bond acceptors (Lipinski definition) is 2. The number of nitrogens with zero attached hydrogens (tertiary/aromatic N) is 1. The van der Waals surface area contributed by atoms with Crippen molar-refractivity contribution >= 4 is 29.5 Å². The molecule has 1 fully saturated rings. The second kappa shape index (κ2) is 8.69. The number of hydrogen-bond donors (Lipinski definition) is 0. The molecule has 3 heteroatoms. The van der Waals surface area contributed by atoms with Crippen molar-refractivity contribution in [2.75, 3.05) is 25.2 Å². The lowest BCUT2D eigenvalue weighted by Gasteiger charge is -2.31. The Morgan fingerprint density at radius 1 is 0.852 bits per heavy atom. The van der Waals surface area contributed by atoms with E-state index in [9.17, 15) is 0 Å². The summed E-state index contributed by atoms with van der Waals surface area (Å²) in [5.41, 5.74) is 1.37. The van der Waals surface area contributed by atoms with Crippen LogP contribution in [0.1, 0.15) is 12.8 Å². The fourth-order valence-corrected chi connectivity index (χ4v) is 6.46. The molecule has 2 nitrogen and oxygen atoms in total. The SMILES string of the molecule is COC[C@H]1CCCN1c1ccccc1P(c1ccccc1)c1ccccc1. The van der Waals surface area contributed by atoms with Crippen LogP contribution in [-0.4, -0.2) is 26.3 Å². The Morgan fingerprint density at radius 3 is 2.07 bits per heavy atom. The predicted octanol–water partition coefficient (Wildman–Crippen LogP) is 4.06. The van der Waals surface area contributed by atoms with Crippen molar-refractivity contribution in [3.63, 3.8) is 0 Å². The fourth-order valence-electron chi connectivity index (χ4n) is 4.00. The van der Waals surface area contributed by atoms with Crippen molar-refractivity contribution in [3.8, 4) is 0 Å². The molecule has 3 aromatic carbocycles. The summed E-state index contributed by atoms with van der Waals surface area (Å²) in [7, 11) is 1.22. The summed E-state index contributed by atoms with van der Waals surface area (Å²) in [6.07, 6.45) is 2.44. The minimum atomic E-state index is -0.594. The lowest BCUT2D eigenvalue weighted by Crippen LogP contribution is -2.36. The Labute approximate surface area is 163 Å². The fraction of sp³-hybridized carbons (Fsp3) is 0.250. The van der Waals surface area contributed by atoms with Crippen molar-refractivity contribution in [1.82, 2.24) is 0 Å². The molecule has 0 amide bonds. The van der Waals surface area contributed by atoms with Gasteiger partial charge in [-0.2, -0.15) is 0 Å². The summed E-state index contributed by atoms with van der Waals surface area (Å²) in [5, 5.41) is 4.23. The first kappa shape index (κ1) is 18.2. The molecular formula is C24H26NOP. The Bertz CT molecular complexity index is 813. The first-order valence-electron chi connectivity index (χ1n) is 9.63. The summed E-state index contributed by atoms with van der Waals surface area (Å²) in [4.78, 5) is 2.57. The quantitative estimate of drug-likeness (QED) is 0.603. The normalized spacial score (nSPS) is 16.8. The minimum absolute atomic E-state index is 0.472. The van der Waals surface area contributed by atoms with Crippen LogP contribution in [-0.2, 0) is 4.74 Å². The molecule has 0 radical (unpaired) electrons. The minimum Gasteiger partial charge on any atom is -0.383 e. The van der Waals surface area contributed by atoms with Crippen molar-refractivity contribution < 1.29 is 4.74 Å². The van der Waals surface area contributed by atoms with Crippen LogP contribution in [0.5, 0.6) is 0 Å². The molecule has 27 heavy (non-hydrogen) atoms. The highest BCUT2D eigenvalue weighted by Gasteiger charge is 2.28. The van der Waals surface area contributed by atoms with Gasteiger partial charge in [-0.05, 0) is 37.4 Å². The van der Waals surface area contributed by atoms with Crippen molar-refractivity contribution in [2.24, 2.45) is 0 Å². The molecule has 0 N–H and O–H groups in total. The van der Waals surface area contributed by atoms with Gasteiger partial charge in [0.15, 0.2) is 0 Å². The molecule has 0 aromatic heterocycles. The molecule has 4 rings (SSSR count). The molecule has 0 saturated carbocycles. The van der Waals surface area contributed by atoms with Gasteiger partial charge in [0.05, 0.1) is 12.6 Å². The molecule has 0 unspecified atom stereocenters. The van der Waals surface area contributed by atoms with Crippen molar-refractivity contribution in [3.05, 3.63) is 84.9 Å². The van der Waals surface area contributed by atoms with Gasteiger partial charge in [0.25, 0.3) is 0 Å². The van der Waals surface area contributed by atoms with Crippen LogP contribution in [0.3, 0.4) is 0 Å². The zero-order valence-corrected chi connectivity index (χ0v) is 16.7. The van der Waals surface area contributed by atoms with Crippen LogP contribution in [0, 0.1) is 0 Å². The maximum absolute atomic E-state index is 5.51. The first-order chi connectivity index (χ1) is 13.4. The third kappa shape index (κ3) is 3.93. The maximum Gasteiger partial charge on any atom is 0.0666 e.